The van der Waals surface area contributed by atoms with Gasteiger partial charge in [0.1, 0.15) is 11.9 Å². The Balaban J connectivity index is 0.00000306. The second kappa shape index (κ2) is 10.6. The van der Waals surface area contributed by atoms with E-state index in [2.05, 4.69) is 0 Å². The molecule has 4 rings (SSSR count). The molecule has 178 valence electrons. The summed E-state index contributed by atoms with van der Waals surface area (Å²) in [6, 6.07) is 11.4. The van der Waals surface area contributed by atoms with Crippen LogP contribution in [0, 0.1) is 15.9 Å². The van der Waals surface area contributed by atoms with Crippen LogP contribution in [0.15, 0.2) is 42.5 Å². The van der Waals surface area contributed by atoms with E-state index in [1.54, 1.807) is 24.3 Å². The number of hydrogen-bond acceptors (Lipinski definition) is 6. The van der Waals surface area contributed by atoms with Crippen LogP contribution in [0.25, 0.3) is 0 Å². The molecular formula is C24H30FN3O5. The van der Waals surface area contributed by atoms with Gasteiger partial charge in [-0.3, -0.25) is 15.0 Å². The van der Waals surface area contributed by atoms with Gasteiger partial charge in [-0.05, 0) is 42.5 Å². The van der Waals surface area contributed by atoms with Crippen LogP contribution >= 0.6 is 0 Å². The SMILES string of the molecule is C.C[C@H](CC[C@H]1CN(c2ccc(N3CCOCC3)c(F)c2)C(=O)O1)c1cccc([N+](=O)[O-])c1. The molecule has 33 heavy (non-hydrogen) atoms. The smallest absolute Gasteiger partial charge is 0.414 e. The number of nitro groups is 1. The number of nitro benzene ring substituents is 1. The van der Waals surface area contributed by atoms with Gasteiger partial charge >= 0.3 is 6.09 Å². The van der Waals surface area contributed by atoms with Crippen molar-refractivity contribution >= 4 is 23.2 Å². The number of hydrogen-bond donors (Lipinski definition) is 0. The molecule has 2 saturated heterocycles. The van der Waals surface area contributed by atoms with E-state index in [0.29, 0.717) is 57.1 Å². The van der Waals surface area contributed by atoms with Crippen molar-refractivity contribution in [3.63, 3.8) is 0 Å². The van der Waals surface area contributed by atoms with Crippen molar-refractivity contribution in [2.24, 2.45) is 0 Å². The van der Waals surface area contributed by atoms with Gasteiger partial charge in [0.2, 0.25) is 0 Å². The molecule has 2 fully saturated rings. The summed E-state index contributed by atoms with van der Waals surface area (Å²) in [5.74, 6) is -0.298. The first-order valence-corrected chi connectivity index (χ1v) is 10.8. The average Bonchev–Trinajstić information content (AvgIpc) is 3.18. The van der Waals surface area contributed by atoms with E-state index >= 15 is 0 Å². The second-order valence-corrected chi connectivity index (χ2v) is 8.18. The zero-order valence-corrected chi connectivity index (χ0v) is 17.9. The molecule has 2 aliphatic heterocycles. The Hall–Kier alpha value is -3.20. The third kappa shape index (κ3) is 5.60. The van der Waals surface area contributed by atoms with Gasteiger partial charge in [-0.1, -0.05) is 26.5 Å². The summed E-state index contributed by atoms with van der Waals surface area (Å²) in [6.45, 7) is 4.73. The molecule has 0 spiro atoms. The van der Waals surface area contributed by atoms with Crippen LogP contribution < -0.4 is 9.80 Å². The van der Waals surface area contributed by atoms with Gasteiger partial charge in [-0.25, -0.2) is 9.18 Å². The Kier molecular flexibility index (Phi) is 7.86. The van der Waals surface area contributed by atoms with E-state index in [1.807, 2.05) is 17.9 Å². The Labute approximate surface area is 193 Å². The number of amides is 1. The highest BCUT2D eigenvalue weighted by Gasteiger charge is 2.33. The van der Waals surface area contributed by atoms with Crippen LogP contribution in [-0.2, 0) is 9.47 Å². The Morgan fingerprint density at radius 2 is 1.97 bits per heavy atom. The van der Waals surface area contributed by atoms with E-state index < -0.39 is 11.0 Å². The fourth-order valence-corrected chi connectivity index (χ4v) is 4.15. The lowest BCUT2D eigenvalue weighted by atomic mass is 9.94. The van der Waals surface area contributed by atoms with Crippen LogP contribution in [0.4, 0.5) is 26.2 Å². The van der Waals surface area contributed by atoms with Gasteiger partial charge in [-0.2, -0.15) is 0 Å². The van der Waals surface area contributed by atoms with Gasteiger partial charge in [0.05, 0.1) is 36.1 Å². The maximum Gasteiger partial charge on any atom is 0.414 e. The lowest BCUT2D eigenvalue weighted by Crippen LogP contribution is -2.36. The molecule has 0 aromatic heterocycles. The van der Waals surface area contributed by atoms with Gasteiger partial charge in [0.15, 0.2) is 0 Å². The van der Waals surface area contributed by atoms with Crippen LogP contribution in [0.5, 0.6) is 0 Å². The van der Waals surface area contributed by atoms with Crippen molar-refractivity contribution in [1.82, 2.24) is 0 Å². The first-order valence-electron chi connectivity index (χ1n) is 10.8. The van der Waals surface area contributed by atoms with E-state index in [1.165, 1.54) is 17.0 Å². The lowest BCUT2D eigenvalue weighted by molar-refractivity contribution is -0.384. The largest absolute Gasteiger partial charge is 0.444 e. The number of benzene rings is 2. The van der Waals surface area contributed by atoms with Crippen LogP contribution in [0.1, 0.15) is 38.7 Å². The highest BCUT2D eigenvalue weighted by Crippen LogP contribution is 2.31. The average molecular weight is 460 g/mol. The zero-order valence-electron chi connectivity index (χ0n) is 17.9. The lowest BCUT2D eigenvalue weighted by Gasteiger charge is -2.29. The van der Waals surface area contributed by atoms with Crippen molar-refractivity contribution in [3.8, 4) is 0 Å². The van der Waals surface area contributed by atoms with Crippen molar-refractivity contribution in [1.29, 1.82) is 0 Å². The molecule has 2 heterocycles. The molecule has 2 aliphatic rings. The maximum atomic E-state index is 14.7. The molecule has 0 bridgehead atoms. The third-order valence-electron chi connectivity index (χ3n) is 6.04. The fraction of sp³-hybridized carbons (Fsp3) is 0.458. The van der Waals surface area contributed by atoms with Crippen LogP contribution in [0.2, 0.25) is 0 Å². The van der Waals surface area contributed by atoms with Gasteiger partial charge < -0.3 is 14.4 Å². The molecule has 0 aliphatic carbocycles. The Bertz CT molecular complexity index is 996. The minimum absolute atomic E-state index is 0. The number of halogens is 1. The zero-order chi connectivity index (χ0) is 22.7. The standard InChI is InChI=1S/C23H26FN3O5.CH4/c1-16(17-3-2-4-19(13-17)27(29)30)5-7-20-15-26(23(28)32-20)18-6-8-22(21(24)14-18)25-9-11-31-12-10-25;/h2-4,6,8,13-14,16,20H,5,7,9-12,15H2,1H3;1H4/t16-,20+;/m1./s1. The number of nitrogens with zero attached hydrogens (tertiary/aromatic N) is 3. The summed E-state index contributed by atoms with van der Waals surface area (Å²) in [6.07, 6.45) is 0.514. The highest BCUT2D eigenvalue weighted by atomic mass is 19.1. The molecule has 9 heteroatoms. The molecule has 2 aromatic carbocycles. The van der Waals surface area contributed by atoms with Gasteiger partial charge in [0, 0.05) is 25.2 Å². The number of anilines is 2. The minimum Gasteiger partial charge on any atom is -0.444 e. The monoisotopic (exact) mass is 459 g/mol. The van der Waals surface area contributed by atoms with Gasteiger partial charge in [-0.15, -0.1) is 0 Å². The molecule has 1 amide bonds. The molecule has 0 saturated carbocycles. The summed E-state index contributed by atoms with van der Waals surface area (Å²) in [4.78, 5) is 26.4. The minimum atomic E-state index is -0.489. The van der Waals surface area contributed by atoms with Gasteiger partial charge in [0.25, 0.3) is 5.69 Å². The van der Waals surface area contributed by atoms with Crippen molar-refractivity contribution in [2.75, 3.05) is 42.6 Å². The number of carbonyl (C=O) groups is 1. The van der Waals surface area contributed by atoms with Crippen molar-refractivity contribution in [3.05, 3.63) is 64.0 Å². The molecule has 0 N–H and O–H groups in total. The summed E-state index contributed by atoms with van der Waals surface area (Å²) in [5, 5.41) is 11.0. The van der Waals surface area contributed by atoms with E-state index in [4.69, 9.17) is 9.47 Å². The summed E-state index contributed by atoms with van der Waals surface area (Å²) in [5.41, 5.74) is 1.92. The molecule has 2 atom stereocenters. The molecule has 0 unspecified atom stereocenters. The van der Waals surface area contributed by atoms with Crippen LogP contribution in [-0.4, -0.2) is 50.0 Å². The maximum absolute atomic E-state index is 14.7. The number of rotatable bonds is 7. The van der Waals surface area contributed by atoms with E-state index in [9.17, 15) is 19.3 Å². The molecular weight excluding hydrogens is 429 g/mol. The molecule has 0 radical (unpaired) electrons. The third-order valence-corrected chi connectivity index (χ3v) is 6.04. The topological polar surface area (TPSA) is 85.2 Å². The second-order valence-electron chi connectivity index (χ2n) is 8.18. The van der Waals surface area contributed by atoms with E-state index in [-0.39, 0.29) is 31.0 Å². The first-order chi connectivity index (χ1) is 15.4. The quantitative estimate of drug-likeness (QED) is 0.422. The fourth-order valence-electron chi connectivity index (χ4n) is 4.15. The van der Waals surface area contributed by atoms with Crippen molar-refractivity contribution in [2.45, 2.75) is 39.2 Å². The first kappa shape index (κ1) is 24.4. The normalized spacial score (nSPS) is 19.1. The van der Waals surface area contributed by atoms with E-state index in [0.717, 1.165) is 5.56 Å². The number of cyclic esters (lactones) is 1. The summed E-state index contributed by atoms with van der Waals surface area (Å²) in [7, 11) is 0. The number of carbonyl (C=O) groups excluding carboxylic acids is 1. The Morgan fingerprint density at radius 3 is 2.67 bits per heavy atom. The number of non-ortho nitro benzene ring substituents is 1. The highest BCUT2D eigenvalue weighted by molar-refractivity contribution is 5.90. The Morgan fingerprint density at radius 1 is 1.21 bits per heavy atom. The predicted molar refractivity (Wildman–Crippen MR) is 125 cm³/mol. The molecule has 8 nitrogen and oxygen atoms in total. The number of ether oxygens (including phenoxy) is 2. The summed E-state index contributed by atoms with van der Waals surface area (Å²) < 4.78 is 25.5. The summed E-state index contributed by atoms with van der Waals surface area (Å²) >= 11 is 0. The number of morpholine rings is 1. The molecule has 2 aromatic rings. The predicted octanol–water partition coefficient (Wildman–Crippen LogP) is 5.12. The van der Waals surface area contributed by atoms with Crippen molar-refractivity contribution < 1.29 is 23.6 Å². The van der Waals surface area contributed by atoms with Crippen LogP contribution in [0.3, 0.4) is 0 Å².